The van der Waals surface area contributed by atoms with E-state index in [-0.39, 0.29) is 7.43 Å². The molecular weight excluding hydrogens is 630 g/mol. The number of aromatic nitrogens is 3. The average Bonchev–Trinajstić information content (AvgIpc) is 3.66. The number of carboxylic acid groups (broad SMARTS) is 1. The van der Waals surface area contributed by atoms with Crippen LogP contribution in [-0.2, 0) is 35.6 Å². The minimum absolute atomic E-state index is 0. The number of carboxylic acids is 1. The van der Waals surface area contributed by atoms with Gasteiger partial charge in [0.15, 0.2) is 0 Å². The minimum atomic E-state index is -0.899. The summed E-state index contributed by atoms with van der Waals surface area (Å²) in [7, 11) is 0. The van der Waals surface area contributed by atoms with Gasteiger partial charge >= 0.3 is 5.97 Å². The highest BCUT2D eigenvalue weighted by Crippen LogP contribution is 2.39. The first-order valence-electron chi connectivity index (χ1n) is 17.7. The van der Waals surface area contributed by atoms with Crippen molar-refractivity contribution >= 4 is 27.6 Å². The fourth-order valence-corrected chi connectivity index (χ4v) is 6.98. The van der Waals surface area contributed by atoms with Crippen LogP contribution in [0.3, 0.4) is 0 Å². The van der Waals surface area contributed by atoms with Gasteiger partial charge in [0.2, 0.25) is 0 Å². The first-order chi connectivity index (χ1) is 24.1. The van der Waals surface area contributed by atoms with Gasteiger partial charge in [0.05, 0.1) is 43.3 Å². The molecule has 4 heterocycles. The summed E-state index contributed by atoms with van der Waals surface area (Å²) in [6.45, 7) is 12.4. The largest absolute Gasteiger partial charge is 0.493 e. The van der Waals surface area contributed by atoms with Crippen LogP contribution in [0.1, 0.15) is 68.0 Å². The number of benzene rings is 3. The summed E-state index contributed by atoms with van der Waals surface area (Å²) in [5.41, 5.74) is 6.10. The zero-order chi connectivity index (χ0) is 34.0. The van der Waals surface area contributed by atoms with Crippen LogP contribution in [0.25, 0.3) is 32.8 Å². The van der Waals surface area contributed by atoms with E-state index in [4.69, 9.17) is 19.3 Å². The molecule has 0 aliphatic carbocycles. The van der Waals surface area contributed by atoms with Crippen molar-refractivity contribution in [3.63, 3.8) is 0 Å². The van der Waals surface area contributed by atoms with Gasteiger partial charge in [-0.15, -0.1) is 0 Å². The molecule has 2 aliphatic heterocycles. The Morgan fingerprint density at radius 1 is 0.940 bits per heavy atom. The second kappa shape index (κ2) is 18.1. The topological polar surface area (TPSA) is 114 Å². The fraction of sp³-hybridized carbons (Fsp3) is 0.450. The SMILES string of the molecule is C.CCNCC.O=C(O)c1c(CCCOc2cccc3ccccc23)c2cccc3c2n1CCCCOCc1[nH]nc(CN2CCOCC2)c1-3. The Balaban J connectivity index is 0.000000758. The molecule has 7 rings (SSSR count). The number of aromatic carboxylic acids is 1. The number of fused-ring (bicyclic) bond motifs is 3. The number of rotatable bonds is 10. The van der Waals surface area contributed by atoms with E-state index in [2.05, 4.69) is 59.5 Å². The van der Waals surface area contributed by atoms with E-state index in [0.29, 0.717) is 64.7 Å². The summed E-state index contributed by atoms with van der Waals surface area (Å²) in [4.78, 5) is 15.3. The van der Waals surface area contributed by atoms with Gasteiger partial charge in [-0.2, -0.15) is 5.10 Å². The molecule has 3 N–H and O–H groups in total. The number of nitrogens with zero attached hydrogens (tertiary/aromatic N) is 3. The molecule has 0 amide bonds. The van der Waals surface area contributed by atoms with Crippen LogP contribution < -0.4 is 10.1 Å². The lowest BCUT2D eigenvalue weighted by molar-refractivity contribution is 0.0337. The van der Waals surface area contributed by atoms with Crippen LogP contribution in [-0.4, -0.2) is 83.3 Å². The Bertz CT molecular complexity index is 1830. The van der Waals surface area contributed by atoms with Crippen LogP contribution in [0, 0.1) is 0 Å². The van der Waals surface area contributed by atoms with Crippen LogP contribution >= 0.6 is 0 Å². The maximum Gasteiger partial charge on any atom is 0.352 e. The molecule has 0 radical (unpaired) electrons. The number of carbonyl (C=O) groups is 1. The van der Waals surface area contributed by atoms with Crippen LogP contribution in [0.4, 0.5) is 0 Å². The summed E-state index contributed by atoms with van der Waals surface area (Å²) >= 11 is 0. The molecule has 1 fully saturated rings. The molecule has 268 valence electrons. The van der Waals surface area contributed by atoms with Gasteiger partial charge in [-0.3, -0.25) is 10.00 Å². The van der Waals surface area contributed by atoms with Gasteiger partial charge in [-0.1, -0.05) is 75.9 Å². The molecular formula is C40H53N5O5. The van der Waals surface area contributed by atoms with Gasteiger partial charge in [-0.25, -0.2) is 4.79 Å². The molecule has 0 saturated carbocycles. The third-order valence-electron chi connectivity index (χ3n) is 9.30. The van der Waals surface area contributed by atoms with E-state index in [1.54, 1.807) is 0 Å². The van der Waals surface area contributed by atoms with Crippen LogP contribution in [0.5, 0.6) is 5.75 Å². The first-order valence-corrected chi connectivity index (χ1v) is 17.7. The Labute approximate surface area is 295 Å². The lowest BCUT2D eigenvalue weighted by atomic mass is 9.98. The zero-order valence-electron chi connectivity index (χ0n) is 28.8. The smallest absolute Gasteiger partial charge is 0.352 e. The molecule has 2 aliphatic rings. The standard InChI is InChI=1S/C35H38N4O5.C4H11N.CH4/c40-35(41)34-27(13-7-19-44-31-14-5-9-24-8-1-2-10-25(24)31)26-11-6-12-28-32-29(22-38-16-20-42-21-17-38)36-37-30(32)23-43-18-4-3-15-39(34)33(26)28;1-3-5-4-2;/h1-2,5-6,8-12,14H,3-4,7,13,15-23H2,(H,36,37)(H,40,41);5H,3-4H2,1-2H3;1H4. The zero-order valence-corrected chi connectivity index (χ0v) is 28.8. The van der Waals surface area contributed by atoms with Crippen molar-refractivity contribution in [2.24, 2.45) is 0 Å². The molecule has 50 heavy (non-hydrogen) atoms. The number of aromatic amines is 1. The molecule has 1 saturated heterocycles. The molecule has 2 aromatic heterocycles. The Morgan fingerprint density at radius 2 is 1.70 bits per heavy atom. The summed E-state index contributed by atoms with van der Waals surface area (Å²) in [6.07, 6.45) is 2.97. The number of aryl methyl sites for hydroxylation is 2. The number of hydrogen-bond donors (Lipinski definition) is 3. The van der Waals surface area contributed by atoms with Gasteiger partial charge in [0.25, 0.3) is 0 Å². The third-order valence-corrected chi connectivity index (χ3v) is 9.30. The number of para-hydroxylation sites is 1. The number of nitrogens with one attached hydrogen (secondary N) is 2. The summed E-state index contributed by atoms with van der Waals surface area (Å²) in [6, 6.07) is 20.5. The van der Waals surface area contributed by atoms with Crippen molar-refractivity contribution in [3.8, 4) is 16.9 Å². The molecule has 5 aromatic rings. The second-order valence-corrected chi connectivity index (χ2v) is 12.5. The number of hydrogen-bond acceptors (Lipinski definition) is 7. The molecule has 0 bridgehead atoms. The first kappa shape index (κ1) is 37.0. The second-order valence-electron chi connectivity index (χ2n) is 12.5. The highest BCUT2D eigenvalue weighted by molar-refractivity contribution is 6.04. The number of H-pyrrole nitrogens is 1. The van der Waals surface area contributed by atoms with Gasteiger partial charge < -0.3 is 29.2 Å². The van der Waals surface area contributed by atoms with Crippen molar-refractivity contribution in [2.75, 3.05) is 52.6 Å². The van der Waals surface area contributed by atoms with Crippen molar-refractivity contribution in [1.82, 2.24) is 25.0 Å². The van der Waals surface area contributed by atoms with Gasteiger partial charge in [0, 0.05) is 54.7 Å². The van der Waals surface area contributed by atoms with E-state index < -0.39 is 5.97 Å². The van der Waals surface area contributed by atoms with Crippen molar-refractivity contribution < 1.29 is 24.1 Å². The average molecular weight is 684 g/mol. The van der Waals surface area contributed by atoms with Crippen molar-refractivity contribution in [1.29, 1.82) is 0 Å². The minimum Gasteiger partial charge on any atom is -0.493 e. The highest BCUT2D eigenvalue weighted by atomic mass is 16.5. The van der Waals surface area contributed by atoms with Crippen molar-refractivity contribution in [2.45, 2.75) is 66.7 Å². The normalized spacial score (nSPS) is 15.0. The lowest BCUT2D eigenvalue weighted by Gasteiger charge is -2.26. The Hall–Kier alpha value is -4.22. The highest BCUT2D eigenvalue weighted by Gasteiger charge is 2.28. The third kappa shape index (κ3) is 8.38. The summed E-state index contributed by atoms with van der Waals surface area (Å²) in [5, 5.41) is 24.9. The fourth-order valence-electron chi connectivity index (χ4n) is 6.98. The van der Waals surface area contributed by atoms with E-state index in [9.17, 15) is 9.90 Å². The lowest BCUT2D eigenvalue weighted by Crippen LogP contribution is -2.35. The van der Waals surface area contributed by atoms with E-state index in [1.165, 1.54) is 0 Å². The Kier molecular flexibility index (Phi) is 13.4. The molecule has 10 heteroatoms. The van der Waals surface area contributed by atoms with Gasteiger partial charge in [-0.05, 0) is 55.8 Å². The summed E-state index contributed by atoms with van der Waals surface area (Å²) < 4.78 is 19.9. The van der Waals surface area contributed by atoms with Crippen LogP contribution in [0.2, 0.25) is 0 Å². The number of ether oxygens (including phenoxy) is 3. The quantitative estimate of drug-likeness (QED) is 0.132. The van der Waals surface area contributed by atoms with Gasteiger partial charge in [0.1, 0.15) is 11.4 Å². The predicted octanol–water partition coefficient (Wildman–Crippen LogP) is 7.29. The molecule has 0 atom stereocenters. The monoisotopic (exact) mass is 683 g/mol. The van der Waals surface area contributed by atoms with E-state index >= 15 is 0 Å². The van der Waals surface area contributed by atoms with Crippen LogP contribution in [0.15, 0.2) is 60.7 Å². The van der Waals surface area contributed by atoms with E-state index in [0.717, 1.165) is 94.5 Å². The van der Waals surface area contributed by atoms with Crippen molar-refractivity contribution in [3.05, 3.63) is 83.3 Å². The molecule has 10 nitrogen and oxygen atoms in total. The molecule has 0 spiro atoms. The molecule has 0 unspecified atom stereocenters. The number of morpholine rings is 1. The summed E-state index contributed by atoms with van der Waals surface area (Å²) in [5.74, 6) is -0.0487. The maximum atomic E-state index is 12.9. The molecule has 3 aromatic carbocycles. The Morgan fingerprint density at radius 3 is 2.48 bits per heavy atom. The predicted molar refractivity (Wildman–Crippen MR) is 200 cm³/mol. The maximum absolute atomic E-state index is 12.9. The van der Waals surface area contributed by atoms with E-state index in [1.807, 2.05) is 34.9 Å².